The van der Waals surface area contributed by atoms with E-state index in [-0.39, 0.29) is 6.04 Å². The van der Waals surface area contributed by atoms with Gasteiger partial charge in [-0.1, -0.05) is 19.6 Å². The van der Waals surface area contributed by atoms with Crippen LogP contribution >= 0.6 is 0 Å². The van der Waals surface area contributed by atoms with E-state index >= 15 is 0 Å². The summed E-state index contributed by atoms with van der Waals surface area (Å²) >= 11 is 0. The summed E-state index contributed by atoms with van der Waals surface area (Å²) in [5.41, 5.74) is 7.69. The van der Waals surface area contributed by atoms with Gasteiger partial charge in [-0.2, -0.15) is 14.9 Å². The number of rotatable bonds is 7. The van der Waals surface area contributed by atoms with Crippen molar-refractivity contribution in [3.63, 3.8) is 0 Å². The van der Waals surface area contributed by atoms with E-state index in [0.717, 1.165) is 30.4 Å². The minimum Gasteiger partial charge on any atom is -0.398 e. The number of anilines is 2. The summed E-state index contributed by atoms with van der Waals surface area (Å²) < 4.78 is 14.9. The minimum atomic E-state index is -1.10. The van der Waals surface area contributed by atoms with Crippen LogP contribution in [-0.4, -0.2) is 65.0 Å². The molecule has 0 bridgehead atoms. The quantitative estimate of drug-likeness (QED) is 0.456. The van der Waals surface area contributed by atoms with Crippen LogP contribution < -0.4 is 10.6 Å². The fourth-order valence-corrected chi connectivity index (χ4v) is 4.22. The molecule has 0 radical (unpaired) electrons. The molecule has 3 aromatic rings. The Balaban J connectivity index is 1.55. The third-order valence-corrected chi connectivity index (χ3v) is 6.99. The van der Waals surface area contributed by atoms with E-state index in [0.29, 0.717) is 37.1 Å². The second kappa shape index (κ2) is 8.36. The number of nitrogen functional groups attached to an aromatic ring is 1. The largest absolute Gasteiger partial charge is 0.398 e. The Morgan fingerprint density at radius 2 is 2.13 bits per heavy atom. The predicted molar refractivity (Wildman–Crippen MR) is 121 cm³/mol. The first kappa shape index (κ1) is 20.8. The highest BCUT2D eigenvalue weighted by Gasteiger charge is 2.22. The van der Waals surface area contributed by atoms with Crippen LogP contribution in [0.15, 0.2) is 24.5 Å². The summed E-state index contributed by atoms with van der Waals surface area (Å²) in [6.45, 7) is 12.5. The SMILES string of the molecule is C[C@@H]1COCCN1c1cc(N)c2cnn(-c3ccn(COCC[Si](C)(C)C)n3)c2n1. The van der Waals surface area contributed by atoms with Crippen LogP contribution in [0.1, 0.15) is 6.92 Å². The molecule has 0 saturated carbocycles. The number of pyridine rings is 1. The minimum absolute atomic E-state index is 0.243. The van der Waals surface area contributed by atoms with Gasteiger partial charge in [0.25, 0.3) is 0 Å². The van der Waals surface area contributed by atoms with Crippen molar-refractivity contribution in [1.29, 1.82) is 0 Å². The van der Waals surface area contributed by atoms with E-state index in [4.69, 9.17) is 20.2 Å². The average molecular weight is 430 g/mol. The first-order valence-corrected chi connectivity index (χ1v) is 14.1. The molecule has 10 heteroatoms. The van der Waals surface area contributed by atoms with Crippen molar-refractivity contribution in [1.82, 2.24) is 24.5 Å². The molecule has 3 aromatic heterocycles. The van der Waals surface area contributed by atoms with E-state index in [2.05, 4.69) is 41.7 Å². The van der Waals surface area contributed by atoms with Gasteiger partial charge < -0.3 is 20.1 Å². The molecule has 0 aromatic carbocycles. The lowest BCUT2D eigenvalue weighted by Gasteiger charge is -2.34. The molecule has 4 heterocycles. The second-order valence-electron chi connectivity index (χ2n) is 9.04. The molecule has 4 rings (SSSR count). The van der Waals surface area contributed by atoms with Crippen LogP contribution in [0.5, 0.6) is 0 Å². The maximum Gasteiger partial charge on any atom is 0.177 e. The Bertz CT molecular complexity index is 1010. The van der Waals surface area contributed by atoms with Gasteiger partial charge in [-0.15, -0.1) is 0 Å². The highest BCUT2D eigenvalue weighted by atomic mass is 28.3. The van der Waals surface area contributed by atoms with Gasteiger partial charge in [-0.3, -0.25) is 0 Å². The van der Waals surface area contributed by atoms with Gasteiger partial charge in [-0.25, -0.2) is 9.67 Å². The Labute approximate surface area is 177 Å². The van der Waals surface area contributed by atoms with Crippen molar-refractivity contribution in [3.05, 3.63) is 24.5 Å². The molecule has 162 valence electrons. The Hall–Kier alpha value is -2.43. The molecule has 1 aliphatic rings. The molecule has 9 nitrogen and oxygen atoms in total. The molecule has 1 saturated heterocycles. The van der Waals surface area contributed by atoms with E-state index in [1.54, 1.807) is 15.6 Å². The lowest BCUT2D eigenvalue weighted by Crippen LogP contribution is -2.44. The average Bonchev–Trinajstić information content (AvgIpc) is 3.31. The van der Waals surface area contributed by atoms with Gasteiger partial charge in [0.2, 0.25) is 0 Å². The number of nitrogens with zero attached hydrogens (tertiary/aromatic N) is 6. The topological polar surface area (TPSA) is 96.2 Å². The molecule has 0 aliphatic carbocycles. The Morgan fingerprint density at radius 3 is 2.90 bits per heavy atom. The van der Waals surface area contributed by atoms with E-state index in [9.17, 15) is 0 Å². The van der Waals surface area contributed by atoms with Gasteiger partial charge in [0.15, 0.2) is 11.5 Å². The fraction of sp³-hybridized carbons (Fsp3) is 0.550. The molecule has 0 unspecified atom stereocenters. The zero-order valence-electron chi connectivity index (χ0n) is 18.2. The molecule has 1 atom stereocenters. The fourth-order valence-electron chi connectivity index (χ4n) is 3.47. The second-order valence-corrected chi connectivity index (χ2v) is 14.7. The predicted octanol–water partition coefficient (Wildman–Crippen LogP) is 2.74. The number of morpholine rings is 1. The van der Waals surface area contributed by atoms with Crippen molar-refractivity contribution in [3.8, 4) is 5.82 Å². The highest BCUT2D eigenvalue weighted by Crippen LogP contribution is 2.27. The van der Waals surface area contributed by atoms with Crippen LogP contribution in [0.2, 0.25) is 25.7 Å². The van der Waals surface area contributed by atoms with Crippen LogP contribution in [0.25, 0.3) is 16.9 Å². The Morgan fingerprint density at radius 1 is 1.30 bits per heavy atom. The van der Waals surface area contributed by atoms with E-state index in [1.807, 2.05) is 18.3 Å². The van der Waals surface area contributed by atoms with Crippen LogP contribution in [0.3, 0.4) is 0 Å². The van der Waals surface area contributed by atoms with Crippen LogP contribution in [0.4, 0.5) is 11.5 Å². The van der Waals surface area contributed by atoms with Crippen molar-refractivity contribution in [2.24, 2.45) is 0 Å². The van der Waals surface area contributed by atoms with Crippen molar-refractivity contribution in [2.45, 2.75) is 45.4 Å². The summed E-state index contributed by atoms with van der Waals surface area (Å²) in [6, 6.07) is 5.21. The first-order valence-electron chi connectivity index (χ1n) is 10.4. The molecule has 30 heavy (non-hydrogen) atoms. The number of ether oxygens (including phenoxy) is 2. The van der Waals surface area contributed by atoms with Gasteiger partial charge in [0, 0.05) is 45.2 Å². The summed E-state index contributed by atoms with van der Waals surface area (Å²) in [5.74, 6) is 1.53. The van der Waals surface area contributed by atoms with E-state index < -0.39 is 8.07 Å². The van der Waals surface area contributed by atoms with Crippen LogP contribution in [-0.2, 0) is 16.2 Å². The lowest BCUT2D eigenvalue weighted by atomic mass is 10.2. The summed E-state index contributed by atoms with van der Waals surface area (Å²) in [6.07, 6.45) is 3.64. The summed E-state index contributed by atoms with van der Waals surface area (Å²) in [4.78, 5) is 7.10. The van der Waals surface area contributed by atoms with Gasteiger partial charge in [0.05, 0.1) is 30.8 Å². The lowest BCUT2D eigenvalue weighted by molar-refractivity contribution is 0.0785. The third-order valence-electron chi connectivity index (χ3n) is 5.29. The molecule has 1 aliphatic heterocycles. The third kappa shape index (κ3) is 4.50. The zero-order chi connectivity index (χ0) is 21.3. The van der Waals surface area contributed by atoms with Gasteiger partial charge in [0.1, 0.15) is 12.5 Å². The van der Waals surface area contributed by atoms with Crippen molar-refractivity contribution in [2.75, 3.05) is 37.0 Å². The maximum absolute atomic E-state index is 6.33. The number of nitrogens with two attached hydrogens (primary N) is 1. The van der Waals surface area contributed by atoms with Crippen molar-refractivity contribution < 1.29 is 9.47 Å². The van der Waals surface area contributed by atoms with E-state index in [1.165, 1.54) is 0 Å². The first-order chi connectivity index (χ1) is 14.3. The molecule has 0 amide bonds. The maximum atomic E-state index is 6.33. The molecular formula is C20H31N7O2Si. The number of fused-ring (bicyclic) bond motifs is 1. The highest BCUT2D eigenvalue weighted by molar-refractivity contribution is 6.76. The normalized spacial score (nSPS) is 17.7. The van der Waals surface area contributed by atoms with Gasteiger partial charge >= 0.3 is 0 Å². The molecule has 2 N–H and O–H groups in total. The molecule has 0 spiro atoms. The molecular weight excluding hydrogens is 398 g/mol. The smallest absolute Gasteiger partial charge is 0.177 e. The number of hydrogen-bond donors (Lipinski definition) is 1. The monoisotopic (exact) mass is 429 g/mol. The molecule has 1 fully saturated rings. The summed E-state index contributed by atoms with van der Waals surface area (Å²) in [7, 11) is -1.10. The van der Waals surface area contributed by atoms with Crippen LogP contribution in [0, 0.1) is 0 Å². The number of hydrogen-bond acceptors (Lipinski definition) is 7. The standard InChI is InChI=1S/C20H31N7O2Si/c1-15-13-28-8-7-26(15)19-11-17(21)16-12-22-27(20(16)23-19)18-5-6-25(24-18)14-29-9-10-30(2,3)4/h5-6,11-12,15H,7-10,13-14H2,1-4H3,(H2,21,23)/t15-/m1/s1. The number of aromatic nitrogens is 5. The summed E-state index contributed by atoms with van der Waals surface area (Å²) in [5, 5.41) is 9.93. The Kier molecular flexibility index (Phi) is 5.81. The van der Waals surface area contributed by atoms with Crippen molar-refractivity contribution >= 4 is 30.6 Å². The van der Waals surface area contributed by atoms with Gasteiger partial charge in [-0.05, 0) is 13.0 Å². The zero-order valence-corrected chi connectivity index (χ0v) is 19.2.